The molecule has 0 aliphatic heterocycles. The average Bonchev–Trinajstić information content (AvgIpc) is 2.27. The molecular weight excluding hydrogens is 258 g/mol. The van der Waals surface area contributed by atoms with Gasteiger partial charge < -0.3 is 5.32 Å². The fourth-order valence-corrected chi connectivity index (χ4v) is 4.18. The van der Waals surface area contributed by atoms with Crippen LogP contribution in [0.3, 0.4) is 0 Å². The van der Waals surface area contributed by atoms with E-state index >= 15 is 0 Å². The molecule has 0 aromatic rings. The van der Waals surface area contributed by atoms with Crippen LogP contribution in [0.1, 0.15) is 65.7 Å². The summed E-state index contributed by atoms with van der Waals surface area (Å²) in [6.07, 6.45) is 8.92. The zero-order valence-corrected chi connectivity index (χ0v) is 13.8. The molecule has 3 unspecified atom stereocenters. The van der Waals surface area contributed by atoms with Gasteiger partial charge in [0.05, 0.1) is 5.25 Å². The average molecular weight is 289 g/mol. The topological polar surface area (TPSA) is 46.2 Å². The number of sulfone groups is 1. The molecule has 0 saturated heterocycles. The van der Waals surface area contributed by atoms with Gasteiger partial charge in [0.1, 0.15) is 9.84 Å². The van der Waals surface area contributed by atoms with Crippen LogP contribution in [0.25, 0.3) is 0 Å². The van der Waals surface area contributed by atoms with Crippen molar-refractivity contribution in [3.05, 3.63) is 0 Å². The third-order valence-electron chi connectivity index (χ3n) is 4.17. The normalized spacial score (nSPS) is 26.6. The molecule has 3 nitrogen and oxygen atoms in total. The largest absolute Gasteiger partial charge is 0.311 e. The Balaban J connectivity index is 2.32. The van der Waals surface area contributed by atoms with Crippen LogP contribution in [-0.2, 0) is 9.84 Å². The molecule has 1 rings (SSSR count). The Morgan fingerprint density at radius 1 is 1.16 bits per heavy atom. The molecule has 1 aliphatic rings. The molecule has 3 atom stereocenters. The first-order valence-corrected chi connectivity index (χ1v) is 9.69. The van der Waals surface area contributed by atoms with Gasteiger partial charge in [-0.05, 0) is 38.5 Å². The van der Waals surface area contributed by atoms with Gasteiger partial charge >= 0.3 is 0 Å². The lowest BCUT2D eigenvalue weighted by Crippen LogP contribution is -2.42. The summed E-state index contributed by atoms with van der Waals surface area (Å²) in [7, 11) is -2.86. The first-order valence-electron chi connectivity index (χ1n) is 7.74. The van der Waals surface area contributed by atoms with Gasteiger partial charge in [0, 0.05) is 18.3 Å². The molecule has 1 N–H and O–H groups in total. The molecule has 1 aliphatic carbocycles. The van der Waals surface area contributed by atoms with Crippen molar-refractivity contribution < 1.29 is 8.42 Å². The predicted octanol–water partition coefficient (Wildman–Crippen LogP) is 3.15. The summed E-state index contributed by atoms with van der Waals surface area (Å²) >= 11 is 0. The SMILES string of the molecule is CC(C)CCCC(C)NC1CCCC(S(C)(=O)=O)C1. The van der Waals surface area contributed by atoms with Gasteiger partial charge in [-0.25, -0.2) is 8.42 Å². The second-order valence-electron chi connectivity index (χ2n) is 6.71. The van der Waals surface area contributed by atoms with Gasteiger partial charge in [0.25, 0.3) is 0 Å². The van der Waals surface area contributed by atoms with Gasteiger partial charge in [0.15, 0.2) is 0 Å². The molecule has 0 bridgehead atoms. The standard InChI is InChI=1S/C15H31NO2S/c1-12(2)7-5-8-13(3)16-14-9-6-10-15(11-14)19(4,17)18/h12-16H,5-11H2,1-4H3. The minimum absolute atomic E-state index is 0.124. The smallest absolute Gasteiger partial charge is 0.150 e. The van der Waals surface area contributed by atoms with Crippen LogP contribution >= 0.6 is 0 Å². The molecular formula is C15H31NO2S. The van der Waals surface area contributed by atoms with Gasteiger partial charge in [-0.1, -0.05) is 33.1 Å². The van der Waals surface area contributed by atoms with E-state index < -0.39 is 9.84 Å². The highest BCUT2D eigenvalue weighted by Crippen LogP contribution is 2.24. The summed E-state index contributed by atoms with van der Waals surface area (Å²) < 4.78 is 23.3. The summed E-state index contributed by atoms with van der Waals surface area (Å²) in [4.78, 5) is 0. The molecule has 0 amide bonds. The van der Waals surface area contributed by atoms with Crippen molar-refractivity contribution in [2.24, 2.45) is 5.92 Å². The van der Waals surface area contributed by atoms with Crippen molar-refractivity contribution in [3.63, 3.8) is 0 Å². The number of hydrogen-bond acceptors (Lipinski definition) is 3. The highest BCUT2D eigenvalue weighted by atomic mass is 32.2. The highest BCUT2D eigenvalue weighted by molar-refractivity contribution is 7.91. The van der Waals surface area contributed by atoms with Crippen LogP contribution in [0.4, 0.5) is 0 Å². The van der Waals surface area contributed by atoms with Crippen molar-refractivity contribution >= 4 is 9.84 Å². The minimum atomic E-state index is -2.86. The lowest BCUT2D eigenvalue weighted by molar-refractivity contribution is 0.330. The van der Waals surface area contributed by atoms with E-state index in [2.05, 4.69) is 26.1 Å². The van der Waals surface area contributed by atoms with E-state index in [1.54, 1.807) is 0 Å². The van der Waals surface area contributed by atoms with E-state index in [0.29, 0.717) is 12.1 Å². The molecule has 0 aromatic carbocycles. The van der Waals surface area contributed by atoms with Crippen LogP contribution in [0, 0.1) is 5.92 Å². The van der Waals surface area contributed by atoms with Gasteiger partial charge in [-0.2, -0.15) is 0 Å². The van der Waals surface area contributed by atoms with Crippen molar-refractivity contribution in [2.45, 2.75) is 83.1 Å². The van der Waals surface area contributed by atoms with E-state index in [0.717, 1.165) is 31.6 Å². The van der Waals surface area contributed by atoms with Gasteiger partial charge in [-0.15, -0.1) is 0 Å². The van der Waals surface area contributed by atoms with Crippen LogP contribution in [-0.4, -0.2) is 32.0 Å². The minimum Gasteiger partial charge on any atom is -0.311 e. The van der Waals surface area contributed by atoms with E-state index in [1.807, 2.05) is 0 Å². The van der Waals surface area contributed by atoms with Crippen LogP contribution in [0.5, 0.6) is 0 Å². The molecule has 1 fully saturated rings. The summed E-state index contributed by atoms with van der Waals surface area (Å²) in [6, 6.07) is 0.893. The van der Waals surface area contributed by atoms with Crippen molar-refractivity contribution in [3.8, 4) is 0 Å². The van der Waals surface area contributed by atoms with Crippen LogP contribution < -0.4 is 5.32 Å². The molecule has 0 radical (unpaired) electrons. The lowest BCUT2D eigenvalue weighted by atomic mass is 9.94. The lowest BCUT2D eigenvalue weighted by Gasteiger charge is -2.31. The Hall–Kier alpha value is -0.0900. The summed E-state index contributed by atoms with van der Waals surface area (Å²) in [6.45, 7) is 6.75. The zero-order valence-electron chi connectivity index (χ0n) is 13.0. The highest BCUT2D eigenvalue weighted by Gasteiger charge is 2.29. The van der Waals surface area contributed by atoms with E-state index in [4.69, 9.17) is 0 Å². The fourth-order valence-electron chi connectivity index (χ4n) is 3.00. The van der Waals surface area contributed by atoms with Gasteiger partial charge in [0.2, 0.25) is 0 Å². The molecule has 19 heavy (non-hydrogen) atoms. The Kier molecular flexibility index (Phi) is 6.81. The van der Waals surface area contributed by atoms with E-state index in [9.17, 15) is 8.42 Å². The first kappa shape index (κ1) is 17.0. The second-order valence-corrected chi connectivity index (χ2v) is 9.03. The third kappa shape index (κ3) is 6.75. The Bertz CT molecular complexity index is 351. The maximum atomic E-state index is 11.6. The van der Waals surface area contributed by atoms with E-state index in [-0.39, 0.29) is 5.25 Å². The second kappa shape index (κ2) is 7.63. The molecule has 0 spiro atoms. The quantitative estimate of drug-likeness (QED) is 0.783. The van der Waals surface area contributed by atoms with Crippen molar-refractivity contribution in [1.29, 1.82) is 0 Å². The molecule has 0 heterocycles. The summed E-state index contributed by atoms with van der Waals surface area (Å²) in [5.74, 6) is 0.775. The predicted molar refractivity (Wildman–Crippen MR) is 82.2 cm³/mol. The number of nitrogens with one attached hydrogen (secondary N) is 1. The summed E-state index contributed by atoms with van der Waals surface area (Å²) in [5.41, 5.74) is 0. The summed E-state index contributed by atoms with van der Waals surface area (Å²) in [5, 5.41) is 3.51. The molecule has 1 saturated carbocycles. The maximum Gasteiger partial charge on any atom is 0.150 e. The Labute approximate surface area is 119 Å². The monoisotopic (exact) mass is 289 g/mol. The Morgan fingerprint density at radius 2 is 1.84 bits per heavy atom. The number of rotatable bonds is 7. The number of hydrogen-bond donors (Lipinski definition) is 1. The van der Waals surface area contributed by atoms with Gasteiger partial charge in [-0.3, -0.25) is 0 Å². The zero-order chi connectivity index (χ0) is 14.5. The van der Waals surface area contributed by atoms with Crippen LogP contribution in [0.15, 0.2) is 0 Å². The molecule has 114 valence electrons. The first-order chi connectivity index (χ1) is 8.79. The fraction of sp³-hybridized carbons (Fsp3) is 1.00. The third-order valence-corrected chi connectivity index (χ3v) is 5.81. The molecule has 0 aromatic heterocycles. The Morgan fingerprint density at radius 3 is 2.42 bits per heavy atom. The van der Waals surface area contributed by atoms with Crippen molar-refractivity contribution in [1.82, 2.24) is 5.32 Å². The van der Waals surface area contributed by atoms with Crippen LogP contribution in [0.2, 0.25) is 0 Å². The van der Waals surface area contributed by atoms with Crippen molar-refractivity contribution in [2.75, 3.05) is 6.26 Å². The molecule has 4 heteroatoms. The van der Waals surface area contributed by atoms with E-state index in [1.165, 1.54) is 25.5 Å². The maximum absolute atomic E-state index is 11.6.